The Morgan fingerprint density at radius 3 is 2.38 bits per heavy atom. The summed E-state index contributed by atoms with van der Waals surface area (Å²) < 4.78 is 59.3. The molecule has 1 aromatic rings. The van der Waals surface area contributed by atoms with Gasteiger partial charge in [-0.15, -0.1) is 0 Å². The maximum absolute atomic E-state index is 13.9. The van der Waals surface area contributed by atoms with E-state index in [1.165, 1.54) is 0 Å². The van der Waals surface area contributed by atoms with Crippen molar-refractivity contribution in [1.29, 1.82) is 0 Å². The van der Waals surface area contributed by atoms with Crippen molar-refractivity contribution in [1.82, 2.24) is 14.5 Å². The number of ether oxygens (including phenoxy) is 1. The van der Waals surface area contributed by atoms with Crippen LogP contribution in [-0.2, 0) is 19.6 Å². The van der Waals surface area contributed by atoms with E-state index in [0.717, 1.165) is 22.5 Å². The Balaban J connectivity index is 1.69. The van der Waals surface area contributed by atoms with Gasteiger partial charge in [0.25, 0.3) is 0 Å². The van der Waals surface area contributed by atoms with Crippen LogP contribution in [0.5, 0.6) is 0 Å². The number of hydrogen-bond donors (Lipinski definition) is 1. The van der Waals surface area contributed by atoms with E-state index in [0.29, 0.717) is 13.2 Å². The highest BCUT2D eigenvalue weighted by atomic mass is 32.2. The SMILES string of the molecule is C[C@H]1OCCN[C@@H]1C(=O)N1CCN(S(=O)(=O)c2c(F)cccc2F)CC1. The molecule has 2 aliphatic heterocycles. The molecule has 2 saturated heterocycles. The number of carbonyl (C=O) groups excluding carboxylic acids is 1. The summed E-state index contributed by atoms with van der Waals surface area (Å²) in [5.41, 5.74) is 0. The number of nitrogens with one attached hydrogen (secondary N) is 1. The fourth-order valence-electron chi connectivity index (χ4n) is 3.21. The van der Waals surface area contributed by atoms with Crippen LogP contribution in [0.2, 0.25) is 0 Å². The third kappa shape index (κ3) is 3.59. The van der Waals surface area contributed by atoms with Gasteiger partial charge in [0, 0.05) is 32.7 Å². The van der Waals surface area contributed by atoms with Gasteiger partial charge in [-0.05, 0) is 19.1 Å². The summed E-state index contributed by atoms with van der Waals surface area (Å²) in [5, 5.41) is 3.10. The summed E-state index contributed by atoms with van der Waals surface area (Å²) in [4.78, 5) is 13.2. The predicted molar refractivity (Wildman–Crippen MR) is 88.9 cm³/mol. The fourth-order valence-corrected chi connectivity index (χ4v) is 4.74. The number of rotatable bonds is 3. The topological polar surface area (TPSA) is 79.0 Å². The first-order chi connectivity index (χ1) is 12.3. The van der Waals surface area contributed by atoms with Gasteiger partial charge in [0.15, 0.2) is 4.90 Å². The molecule has 0 unspecified atom stereocenters. The van der Waals surface area contributed by atoms with Crippen molar-refractivity contribution < 1.29 is 26.7 Å². The number of amides is 1. The Labute approximate surface area is 151 Å². The number of halogens is 2. The molecule has 0 saturated carbocycles. The van der Waals surface area contributed by atoms with E-state index in [1.807, 2.05) is 0 Å². The molecule has 2 heterocycles. The average molecular weight is 389 g/mol. The standard InChI is InChI=1S/C16H21F2N3O4S/c1-11-14(19-5-10-25-11)16(22)20-6-8-21(9-7-20)26(23,24)15-12(17)3-2-4-13(15)18/h2-4,11,14,19H,5-10H2,1H3/t11-,14+/m1/s1. The van der Waals surface area contributed by atoms with Crippen molar-refractivity contribution in [3.05, 3.63) is 29.8 Å². The maximum atomic E-state index is 13.9. The van der Waals surface area contributed by atoms with E-state index in [1.54, 1.807) is 11.8 Å². The lowest BCUT2D eigenvalue weighted by Crippen LogP contribution is -2.60. The Bertz CT molecular complexity index is 761. The van der Waals surface area contributed by atoms with E-state index >= 15 is 0 Å². The third-order valence-corrected chi connectivity index (χ3v) is 6.60. The quantitative estimate of drug-likeness (QED) is 0.798. The average Bonchev–Trinajstić information content (AvgIpc) is 2.61. The number of sulfonamides is 1. The van der Waals surface area contributed by atoms with Gasteiger partial charge in [0.1, 0.15) is 17.7 Å². The molecule has 3 rings (SSSR count). The van der Waals surface area contributed by atoms with E-state index in [2.05, 4.69) is 5.32 Å². The van der Waals surface area contributed by atoms with Gasteiger partial charge < -0.3 is 15.0 Å². The Kier molecular flexibility index (Phi) is 5.56. The lowest BCUT2D eigenvalue weighted by atomic mass is 10.1. The van der Waals surface area contributed by atoms with Crippen molar-refractivity contribution in [3.8, 4) is 0 Å². The summed E-state index contributed by atoms with van der Waals surface area (Å²) >= 11 is 0. The minimum atomic E-state index is -4.30. The van der Waals surface area contributed by atoms with Crippen LogP contribution in [0.15, 0.2) is 23.1 Å². The minimum Gasteiger partial charge on any atom is -0.375 e. The molecule has 1 amide bonds. The summed E-state index contributed by atoms with van der Waals surface area (Å²) in [6.07, 6.45) is -0.273. The number of benzene rings is 1. The fraction of sp³-hybridized carbons (Fsp3) is 0.562. The summed E-state index contributed by atoms with van der Waals surface area (Å²) in [7, 11) is -4.30. The number of piperazine rings is 1. The molecule has 0 spiro atoms. The molecule has 0 aliphatic carbocycles. The largest absolute Gasteiger partial charge is 0.375 e. The molecule has 1 N–H and O–H groups in total. The second-order valence-corrected chi connectivity index (χ2v) is 8.16. The second kappa shape index (κ2) is 7.55. The summed E-state index contributed by atoms with van der Waals surface area (Å²) in [6, 6.07) is 2.45. The van der Waals surface area contributed by atoms with Crippen LogP contribution in [0, 0.1) is 11.6 Å². The van der Waals surface area contributed by atoms with Gasteiger partial charge in [-0.3, -0.25) is 4.79 Å². The second-order valence-electron chi connectivity index (χ2n) is 6.29. The van der Waals surface area contributed by atoms with Crippen LogP contribution in [0.1, 0.15) is 6.92 Å². The Morgan fingerprint density at radius 1 is 1.19 bits per heavy atom. The van der Waals surface area contributed by atoms with E-state index < -0.39 is 32.6 Å². The molecule has 7 nitrogen and oxygen atoms in total. The first-order valence-electron chi connectivity index (χ1n) is 8.40. The predicted octanol–water partition coefficient (Wildman–Crippen LogP) is 0.175. The number of carbonyl (C=O) groups is 1. The Hall–Kier alpha value is -1.62. The highest BCUT2D eigenvalue weighted by Crippen LogP contribution is 2.24. The number of hydrogen-bond acceptors (Lipinski definition) is 5. The zero-order valence-corrected chi connectivity index (χ0v) is 15.1. The van der Waals surface area contributed by atoms with E-state index in [4.69, 9.17) is 4.74 Å². The van der Waals surface area contributed by atoms with Crippen LogP contribution in [0.3, 0.4) is 0 Å². The molecule has 2 atom stereocenters. The normalized spacial score (nSPS) is 25.3. The number of nitrogens with zero attached hydrogens (tertiary/aromatic N) is 2. The van der Waals surface area contributed by atoms with Crippen molar-refractivity contribution in [3.63, 3.8) is 0 Å². The molecule has 0 bridgehead atoms. The monoisotopic (exact) mass is 389 g/mol. The van der Waals surface area contributed by atoms with Crippen molar-refractivity contribution in [2.75, 3.05) is 39.3 Å². The zero-order valence-electron chi connectivity index (χ0n) is 14.3. The lowest BCUT2D eigenvalue weighted by Gasteiger charge is -2.38. The summed E-state index contributed by atoms with van der Waals surface area (Å²) in [5.74, 6) is -2.41. The molecule has 10 heteroatoms. The number of morpholine rings is 1. The van der Waals surface area contributed by atoms with E-state index in [-0.39, 0.29) is 38.2 Å². The van der Waals surface area contributed by atoms with Gasteiger partial charge in [0.05, 0.1) is 12.7 Å². The van der Waals surface area contributed by atoms with Gasteiger partial charge in [-0.2, -0.15) is 4.31 Å². The van der Waals surface area contributed by atoms with Crippen molar-refractivity contribution in [2.24, 2.45) is 0 Å². The highest BCUT2D eigenvalue weighted by Gasteiger charge is 2.37. The van der Waals surface area contributed by atoms with Crippen LogP contribution in [-0.4, -0.2) is 75.0 Å². The molecule has 1 aromatic carbocycles. The van der Waals surface area contributed by atoms with Crippen LogP contribution in [0.4, 0.5) is 8.78 Å². The Morgan fingerprint density at radius 2 is 1.81 bits per heavy atom. The van der Waals surface area contributed by atoms with Crippen LogP contribution < -0.4 is 5.32 Å². The first kappa shape index (κ1) is 19.2. The molecular formula is C16H21F2N3O4S. The smallest absolute Gasteiger partial charge is 0.249 e. The lowest BCUT2D eigenvalue weighted by molar-refractivity contribution is -0.140. The van der Waals surface area contributed by atoms with Gasteiger partial charge in [-0.1, -0.05) is 6.07 Å². The van der Waals surface area contributed by atoms with Gasteiger partial charge >= 0.3 is 0 Å². The first-order valence-corrected chi connectivity index (χ1v) is 9.84. The zero-order chi connectivity index (χ0) is 18.9. The molecule has 26 heavy (non-hydrogen) atoms. The van der Waals surface area contributed by atoms with Crippen molar-refractivity contribution >= 4 is 15.9 Å². The molecule has 2 fully saturated rings. The molecule has 0 aromatic heterocycles. The minimum absolute atomic E-state index is 0.0240. The maximum Gasteiger partial charge on any atom is 0.249 e. The molecule has 144 valence electrons. The highest BCUT2D eigenvalue weighted by molar-refractivity contribution is 7.89. The summed E-state index contributed by atoms with van der Waals surface area (Å²) in [6.45, 7) is 3.16. The van der Waals surface area contributed by atoms with Gasteiger partial charge in [0.2, 0.25) is 15.9 Å². The van der Waals surface area contributed by atoms with E-state index in [9.17, 15) is 22.0 Å². The third-order valence-electron chi connectivity index (χ3n) is 4.65. The molecule has 0 radical (unpaired) electrons. The van der Waals surface area contributed by atoms with Crippen LogP contribution >= 0.6 is 0 Å². The molecule has 2 aliphatic rings. The van der Waals surface area contributed by atoms with Crippen molar-refractivity contribution in [2.45, 2.75) is 24.0 Å². The van der Waals surface area contributed by atoms with Crippen LogP contribution in [0.25, 0.3) is 0 Å². The van der Waals surface area contributed by atoms with Gasteiger partial charge in [-0.25, -0.2) is 17.2 Å². The molecular weight excluding hydrogens is 368 g/mol.